The van der Waals surface area contributed by atoms with Crippen LogP contribution in [0.5, 0.6) is 11.6 Å². The minimum absolute atomic E-state index is 0.232. The second-order valence-electron chi connectivity index (χ2n) is 5.07. The molecule has 8 heteroatoms. The summed E-state index contributed by atoms with van der Waals surface area (Å²) in [5.74, 6) is 1.46. The number of amides is 1. The van der Waals surface area contributed by atoms with Crippen molar-refractivity contribution in [3.8, 4) is 11.6 Å². The lowest BCUT2D eigenvalue weighted by Gasteiger charge is -2.03. The van der Waals surface area contributed by atoms with E-state index in [1.165, 1.54) is 13.2 Å². The van der Waals surface area contributed by atoms with E-state index in [4.69, 9.17) is 9.47 Å². The Hall–Kier alpha value is -3.42. The Morgan fingerprint density at radius 1 is 1.28 bits per heavy atom. The fourth-order valence-electron chi connectivity index (χ4n) is 2.26. The normalized spacial score (nSPS) is 11.0. The summed E-state index contributed by atoms with van der Waals surface area (Å²) in [6.07, 6.45) is 6.47. The molecule has 0 saturated heterocycles. The molecule has 8 nitrogen and oxygen atoms in total. The zero-order chi connectivity index (χ0) is 17.6. The number of aromatic nitrogens is 4. The maximum absolute atomic E-state index is 12.0. The summed E-state index contributed by atoms with van der Waals surface area (Å²) in [7, 11) is 3.12. The largest absolute Gasteiger partial charge is 0.497 e. The lowest BCUT2D eigenvalue weighted by molar-refractivity contribution is -0.116. The molecule has 2 aromatic heterocycles. The smallest absolute Gasteiger partial charge is 0.260 e. The standard InChI is InChI=1S/C17H17N5O3/c1-24-13-5-3-4-12(10-13)6-7-15(23)19-11-14-20-21-16-17(25-2)18-8-9-22(14)16/h3-10H,11H2,1-2H3,(H,19,23). The number of carbonyl (C=O) groups is 1. The quantitative estimate of drug-likeness (QED) is 0.684. The average molecular weight is 339 g/mol. The zero-order valence-electron chi connectivity index (χ0n) is 13.8. The van der Waals surface area contributed by atoms with Crippen LogP contribution in [-0.2, 0) is 11.3 Å². The van der Waals surface area contributed by atoms with Crippen molar-refractivity contribution in [1.29, 1.82) is 0 Å². The second-order valence-corrected chi connectivity index (χ2v) is 5.07. The molecule has 1 amide bonds. The van der Waals surface area contributed by atoms with Crippen LogP contribution in [0.2, 0.25) is 0 Å². The Balaban J connectivity index is 1.65. The van der Waals surface area contributed by atoms with Crippen LogP contribution >= 0.6 is 0 Å². The van der Waals surface area contributed by atoms with Gasteiger partial charge in [-0.25, -0.2) is 4.98 Å². The van der Waals surface area contributed by atoms with Crippen LogP contribution in [0.25, 0.3) is 11.7 Å². The van der Waals surface area contributed by atoms with Gasteiger partial charge in [-0.05, 0) is 23.8 Å². The molecule has 25 heavy (non-hydrogen) atoms. The summed E-state index contributed by atoms with van der Waals surface area (Å²) < 4.78 is 12.0. The molecule has 128 valence electrons. The predicted molar refractivity (Wildman–Crippen MR) is 91.2 cm³/mol. The molecule has 0 radical (unpaired) electrons. The molecule has 0 aliphatic carbocycles. The Labute approximate surface area is 144 Å². The molecule has 1 aromatic carbocycles. The van der Waals surface area contributed by atoms with Crippen LogP contribution in [0.15, 0.2) is 42.7 Å². The summed E-state index contributed by atoms with van der Waals surface area (Å²) in [6.45, 7) is 0.232. The third kappa shape index (κ3) is 3.74. The fourth-order valence-corrected chi connectivity index (χ4v) is 2.26. The van der Waals surface area contributed by atoms with Gasteiger partial charge in [-0.15, -0.1) is 10.2 Å². The molecule has 0 unspecified atom stereocenters. The number of nitrogens with zero attached hydrogens (tertiary/aromatic N) is 4. The van der Waals surface area contributed by atoms with Crippen molar-refractivity contribution in [2.24, 2.45) is 0 Å². The summed E-state index contributed by atoms with van der Waals surface area (Å²) in [5, 5.41) is 10.8. The first-order valence-electron chi connectivity index (χ1n) is 7.54. The molecule has 3 rings (SSSR count). The Bertz CT molecular complexity index is 920. The van der Waals surface area contributed by atoms with E-state index in [0.29, 0.717) is 17.4 Å². The highest BCUT2D eigenvalue weighted by molar-refractivity contribution is 5.91. The van der Waals surface area contributed by atoms with Crippen LogP contribution in [0.1, 0.15) is 11.4 Å². The Morgan fingerprint density at radius 2 is 2.16 bits per heavy atom. The fraction of sp³-hybridized carbons (Fsp3) is 0.176. The van der Waals surface area contributed by atoms with Gasteiger partial charge < -0.3 is 14.8 Å². The van der Waals surface area contributed by atoms with Gasteiger partial charge in [0.15, 0.2) is 5.82 Å². The molecule has 3 aromatic rings. The van der Waals surface area contributed by atoms with Gasteiger partial charge in [0.25, 0.3) is 5.88 Å². The Kier molecular flexibility index (Phi) is 4.89. The molecule has 1 N–H and O–H groups in total. The van der Waals surface area contributed by atoms with Gasteiger partial charge in [-0.2, -0.15) is 0 Å². The highest BCUT2D eigenvalue weighted by Crippen LogP contribution is 2.14. The van der Waals surface area contributed by atoms with Crippen molar-refractivity contribution in [1.82, 2.24) is 24.9 Å². The summed E-state index contributed by atoms with van der Waals surface area (Å²) in [6, 6.07) is 7.43. The van der Waals surface area contributed by atoms with E-state index < -0.39 is 0 Å². The van der Waals surface area contributed by atoms with Crippen LogP contribution < -0.4 is 14.8 Å². The predicted octanol–water partition coefficient (Wildman–Crippen LogP) is 1.47. The van der Waals surface area contributed by atoms with Gasteiger partial charge in [0.1, 0.15) is 5.75 Å². The van der Waals surface area contributed by atoms with Gasteiger partial charge in [0.2, 0.25) is 11.6 Å². The minimum atomic E-state index is -0.236. The summed E-state index contributed by atoms with van der Waals surface area (Å²) in [4.78, 5) is 16.1. The van der Waals surface area contributed by atoms with Crippen molar-refractivity contribution in [3.05, 3.63) is 54.1 Å². The molecular formula is C17H17N5O3. The highest BCUT2D eigenvalue weighted by atomic mass is 16.5. The number of fused-ring (bicyclic) bond motifs is 1. The third-order valence-corrected chi connectivity index (χ3v) is 3.50. The summed E-state index contributed by atoms with van der Waals surface area (Å²) >= 11 is 0. The van der Waals surface area contributed by atoms with Crippen LogP contribution in [0.3, 0.4) is 0 Å². The molecule has 0 bridgehead atoms. The van der Waals surface area contributed by atoms with E-state index in [1.807, 2.05) is 24.3 Å². The third-order valence-electron chi connectivity index (χ3n) is 3.50. The maximum Gasteiger partial charge on any atom is 0.260 e. The number of benzene rings is 1. The maximum atomic E-state index is 12.0. The number of methoxy groups -OCH3 is 2. The van der Waals surface area contributed by atoms with Crippen molar-refractivity contribution >= 4 is 17.6 Å². The first-order valence-corrected chi connectivity index (χ1v) is 7.54. The SMILES string of the molecule is COc1cccc(C=CC(=O)NCc2nnc3c(OC)nccn23)c1. The van der Waals surface area contributed by atoms with Gasteiger partial charge >= 0.3 is 0 Å². The molecule has 0 saturated carbocycles. The van der Waals surface area contributed by atoms with E-state index in [0.717, 1.165) is 11.3 Å². The summed E-state index contributed by atoms with van der Waals surface area (Å²) in [5.41, 5.74) is 1.37. The topological polar surface area (TPSA) is 90.6 Å². The monoisotopic (exact) mass is 339 g/mol. The number of hydrogen-bond acceptors (Lipinski definition) is 6. The van der Waals surface area contributed by atoms with Crippen LogP contribution in [0.4, 0.5) is 0 Å². The van der Waals surface area contributed by atoms with Crippen molar-refractivity contribution in [2.75, 3.05) is 14.2 Å². The lowest BCUT2D eigenvalue weighted by Crippen LogP contribution is -2.21. The molecule has 0 fully saturated rings. The average Bonchev–Trinajstić information content (AvgIpc) is 3.08. The van der Waals surface area contributed by atoms with E-state index in [9.17, 15) is 4.79 Å². The molecule has 0 atom stereocenters. The van der Waals surface area contributed by atoms with Crippen molar-refractivity contribution < 1.29 is 14.3 Å². The van der Waals surface area contributed by atoms with Crippen LogP contribution in [-0.4, -0.2) is 39.7 Å². The van der Waals surface area contributed by atoms with E-state index in [2.05, 4.69) is 20.5 Å². The Morgan fingerprint density at radius 3 is 2.96 bits per heavy atom. The van der Waals surface area contributed by atoms with E-state index in [-0.39, 0.29) is 12.5 Å². The number of carbonyl (C=O) groups excluding carboxylic acids is 1. The second kappa shape index (κ2) is 7.43. The zero-order valence-corrected chi connectivity index (χ0v) is 13.8. The molecular weight excluding hydrogens is 322 g/mol. The number of ether oxygens (including phenoxy) is 2. The van der Waals surface area contributed by atoms with Crippen molar-refractivity contribution in [2.45, 2.75) is 6.54 Å². The van der Waals surface area contributed by atoms with Gasteiger partial charge in [-0.1, -0.05) is 12.1 Å². The minimum Gasteiger partial charge on any atom is -0.497 e. The highest BCUT2D eigenvalue weighted by Gasteiger charge is 2.10. The van der Waals surface area contributed by atoms with Crippen molar-refractivity contribution in [3.63, 3.8) is 0 Å². The lowest BCUT2D eigenvalue weighted by atomic mass is 10.2. The first kappa shape index (κ1) is 16.4. The number of nitrogens with one attached hydrogen (secondary N) is 1. The molecule has 2 heterocycles. The molecule has 0 aliphatic heterocycles. The number of rotatable bonds is 6. The van der Waals surface area contributed by atoms with Crippen LogP contribution in [0, 0.1) is 0 Å². The first-order chi connectivity index (χ1) is 12.2. The number of hydrogen-bond donors (Lipinski definition) is 1. The molecule has 0 spiro atoms. The van der Waals surface area contributed by atoms with E-state index in [1.54, 1.807) is 30.0 Å². The van der Waals surface area contributed by atoms with Gasteiger partial charge in [0.05, 0.1) is 20.8 Å². The van der Waals surface area contributed by atoms with Gasteiger partial charge in [-0.3, -0.25) is 9.20 Å². The van der Waals surface area contributed by atoms with Gasteiger partial charge in [0, 0.05) is 18.5 Å². The molecule has 0 aliphatic rings. The van der Waals surface area contributed by atoms with E-state index >= 15 is 0 Å².